The standard InChI is InChI=1S/C44H28N4/c45-27-29-20-23-38-37-15-4-8-19-43(37)48(44(38)24-29)40-16-5-1-12-34(40)30-10-9-11-31(25-30)39-26-33(22-21-32(39)28-46)47-41-17-6-2-13-35(41)36-14-3-7-18-42(36)47/h1-26,35,41H. The Morgan fingerprint density at radius 2 is 1.29 bits per heavy atom. The molecule has 0 fully saturated rings. The predicted molar refractivity (Wildman–Crippen MR) is 194 cm³/mol. The first kappa shape index (κ1) is 27.7. The molecule has 1 aliphatic heterocycles. The van der Waals surface area contributed by atoms with Gasteiger partial charge in [0.2, 0.25) is 0 Å². The predicted octanol–water partition coefficient (Wildman–Crippen LogP) is 10.6. The Hall–Kier alpha value is -6.62. The minimum atomic E-state index is 0.180. The van der Waals surface area contributed by atoms with E-state index in [9.17, 15) is 10.5 Å². The van der Waals surface area contributed by atoms with E-state index in [0.717, 1.165) is 55.4 Å². The minimum absolute atomic E-state index is 0.180. The summed E-state index contributed by atoms with van der Waals surface area (Å²) in [5, 5.41) is 22.3. The molecule has 6 aromatic carbocycles. The number of benzene rings is 6. The van der Waals surface area contributed by atoms with Crippen molar-refractivity contribution in [2.24, 2.45) is 0 Å². The zero-order chi connectivity index (χ0) is 32.2. The summed E-state index contributed by atoms with van der Waals surface area (Å²) in [4.78, 5) is 2.40. The van der Waals surface area contributed by atoms with Crippen molar-refractivity contribution in [2.45, 2.75) is 12.0 Å². The maximum atomic E-state index is 10.3. The molecular formula is C44H28N4. The van der Waals surface area contributed by atoms with Crippen LogP contribution in [0.15, 0.2) is 158 Å². The van der Waals surface area contributed by atoms with E-state index in [2.05, 4.69) is 155 Å². The van der Waals surface area contributed by atoms with Gasteiger partial charge in [-0.3, -0.25) is 0 Å². The first-order chi connectivity index (χ1) is 23.7. The van der Waals surface area contributed by atoms with E-state index in [1.165, 1.54) is 11.3 Å². The molecule has 1 aromatic heterocycles. The molecule has 2 heterocycles. The topological polar surface area (TPSA) is 55.8 Å². The lowest BCUT2D eigenvalue weighted by Gasteiger charge is -2.29. The Labute approximate surface area is 279 Å². The number of hydrogen-bond acceptors (Lipinski definition) is 3. The van der Waals surface area contributed by atoms with Crippen LogP contribution in [0.1, 0.15) is 22.6 Å². The summed E-state index contributed by atoms with van der Waals surface area (Å²) in [6.45, 7) is 0. The zero-order valence-electron chi connectivity index (χ0n) is 26.0. The highest BCUT2D eigenvalue weighted by Gasteiger charge is 2.37. The van der Waals surface area contributed by atoms with Gasteiger partial charge >= 0.3 is 0 Å². The molecule has 0 amide bonds. The molecule has 2 unspecified atom stereocenters. The van der Waals surface area contributed by atoms with Crippen LogP contribution in [0.3, 0.4) is 0 Å². The number of hydrogen-bond donors (Lipinski definition) is 0. The van der Waals surface area contributed by atoms with Crippen molar-refractivity contribution in [2.75, 3.05) is 4.90 Å². The third kappa shape index (κ3) is 4.21. The maximum Gasteiger partial charge on any atom is 0.0998 e. The Bertz CT molecular complexity index is 2570. The number of fused-ring (bicyclic) bond motifs is 6. The van der Waals surface area contributed by atoms with E-state index in [0.29, 0.717) is 11.1 Å². The first-order valence-corrected chi connectivity index (χ1v) is 16.1. The van der Waals surface area contributed by atoms with Gasteiger partial charge in [0.25, 0.3) is 0 Å². The van der Waals surface area contributed by atoms with Crippen LogP contribution in [0.5, 0.6) is 0 Å². The van der Waals surface area contributed by atoms with Crippen molar-refractivity contribution in [3.8, 4) is 40.1 Å². The van der Waals surface area contributed by atoms with Crippen molar-refractivity contribution in [3.63, 3.8) is 0 Å². The van der Waals surface area contributed by atoms with Crippen LogP contribution in [-0.4, -0.2) is 10.6 Å². The third-order valence-electron chi connectivity index (χ3n) is 9.79. The zero-order valence-corrected chi connectivity index (χ0v) is 26.0. The Balaban J connectivity index is 1.20. The van der Waals surface area contributed by atoms with E-state index in [4.69, 9.17) is 0 Å². The fraction of sp³-hybridized carbons (Fsp3) is 0.0455. The fourth-order valence-electron chi connectivity index (χ4n) is 7.68. The molecule has 0 saturated carbocycles. The highest BCUT2D eigenvalue weighted by molar-refractivity contribution is 6.10. The van der Waals surface area contributed by atoms with Gasteiger partial charge in [0.05, 0.1) is 46.0 Å². The summed E-state index contributed by atoms with van der Waals surface area (Å²) in [5.74, 6) is 0.287. The van der Waals surface area contributed by atoms with Gasteiger partial charge in [0.1, 0.15) is 0 Å². The fourth-order valence-corrected chi connectivity index (χ4v) is 7.68. The van der Waals surface area contributed by atoms with Crippen LogP contribution in [0, 0.1) is 22.7 Å². The molecular weight excluding hydrogens is 585 g/mol. The summed E-state index contributed by atoms with van der Waals surface area (Å²) < 4.78 is 2.27. The van der Waals surface area contributed by atoms with Crippen LogP contribution < -0.4 is 4.90 Å². The monoisotopic (exact) mass is 612 g/mol. The van der Waals surface area contributed by atoms with Crippen LogP contribution in [0.4, 0.5) is 11.4 Å². The molecule has 4 heteroatoms. The average molecular weight is 613 g/mol. The highest BCUT2D eigenvalue weighted by Crippen LogP contribution is 2.48. The second kappa shape index (κ2) is 11.0. The average Bonchev–Trinajstić information content (AvgIpc) is 3.67. The van der Waals surface area contributed by atoms with Crippen molar-refractivity contribution in [3.05, 3.63) is 174 Å². The van der Waals surface area contributed by atoms with Crippen LogP contribution in [0.25, 0.3) is 49.7 Å². The quantitative estimate of drug-likeness (QED) is 0.199. The Kier molecular flexibility index (Phi) is 6.35. The van der Waals surface area contributed by atoms with E-state index < -0.39 is 0 Å². The summed E-state index contributed by atoms with van der Waals surface area (Å²) in [6.07, 6.45) is 8.82. The molecule has 1 aliphatic carbocycles. The second-order valence-corrected chi connectivity index (χ2v) is 12.4. The molecule has 0 bridgehead atoms. The third-order valence-corrected chi connectivity index (χ3v) is 9.79. The van der Waals surface area contributed by atoms with Gasteiger partial charge in [0, 0.05) is 39.2 Å². The van der Waals surface area contributed by atoms with Gasteiger partial charge < -0.3 is 9.47 Å². The van der Waals surface area contributed by atoms with Crippen molar-refractivity contribution in [1.82, 2.24) is 4.57 Å². The van der Waals surface area contributed by atoms with E-state index in [-0.39, 0.29) is 12.0 Å². The molecule has 0 saturated heterocycles. The van der Waals surface area contributed by atoms with Gasteiger partial charge in [0.15, 0.2) is 0 Å². The van der Waals surface area contributed by atoms with Gasteiger partial charge in [-0.05, 0) is 71.3 Å². The molecule has 0 radical (unpaired) electrons. The molecule has 0 N–H and O–H groups in total. The van der Waals surface area contributed by atoms with Gasteiger partial charge in [-0.25, -0.2) is 0 Å². The minimum Gasteiger partial charge on any atom is -0.333 e. The summed E-state index contributed by atoms with van der Waals surface area (Å²) >= 11 is 0. The second-order valence-electron chi connectivity index (χ2n) is 12.4. The van der Waals surface area contributed by atoms with Gasteiger partial charge in [-0.2, -0.15) is 10.5 Å². The van der Waals surface area contributed by atoms with Crippen LogP contribution in [0.2, 0.25) is 0 Å². The largest absolute Gasteiger partial charge is 0.333 e. The lowest BCUT2D eigenvalue weighted by atomic mass is 9.91. The number of para-hydroxylation sites is 3. The molecule has 2 aliphatic rings. The van der Waals surface area contributed by atoms with Gasteiger partial charge in [-0.1, -0.05) is 103 Å². The number of anilines is 2. The molecule has 224 valence electrons. The molecule has 9 rings (SSSR count). The molecule has 2 atom stereocenters. The van der Waals surface area contributed by atoms with Crippen molar-refractivity contribution in [1.29, 1.82) is 10.5 Å². The number of aromatic nitrogens is 1. The molecule has 48 heavy (non-hydrogen) atoms. The smallest absolute Gasteiger partial charge is 0.0998 e. The van der Waals surface area contributed by atoms with E-state index in [1.807, 2.05) is 24.3 Å². The first-order valence-electron chi connectivity index (χ1n) is 16.1. The summed E-state index contributed by atoms with van der Waals surface area (Å²) in [7, 11) is 0. The molecule has 7 aromatic rings. The summed E-state index contributed by atoms with van der Waals surface area (Å²) in [5.41, 5.74) is 12.0. The Morgan fingerprint density at radius 3 is 2.17 bits per heavy atom. The highest BCUT2D eigenvalue weighted by atomic mass is 15.2. The normalized spacial score (nSPS) is 16.1. The number of nitrogens with zero attached hydrogens (tertiary/aromatic N) is 4. The van der Waals surface area contributed by atoms with Crippen molar-refractivity contribution < 1.29 is 0 Å². The van der Waals surface area contributed by atoms with Crippen LogP contribution >= 0.6 is 0 Å². The van der Waals surface area contributed by atoms with E-state index >= 15 is 0 Å². The molecule has 0 spiro atoms. The SMILES string of the molecule is N#Cc1ccc2c3ccccc3n(-c3ccccc3-c3cccc(-c4cc(N5c6ccccc6C6C=CC=CC65)ccc4C#N)c3)c2c1. The summed E-state index contributed by atoms with van der Waals surface area (Å²) in [6, 6.07) is 51.0. The maximum absolute atomic E-state index is 10.3. The Morgan fingerprint density at radius 1 is 0.542 bits per heavy atom. The lowest BCUT2D eigenvalue weighted by Crippen LogP contribution is -2.28. The number of allylic oxidation sites excluding steroid dienone is 2. The van der Waals surface area contributed by atoms with Gasteiger partial charge in [-0.15, -0.1) is 0 Å². The lowest BCUT2D eigenvalue weighted by molar-refractivity contribution is 0.745. The van der Waals surface area contributed by atoms with Crippen molar-refractivity contribution >= 4 is 33.2 Å². The van der Waals surface area contributed by atoms with E-state index in [1.54, 1.807) is 0 Å². The van der Waals surface area contributed by atoms with Crippen LogP contribution in [-0.2, 0) is 0 Å². The molecule has 4 nitrogen and oxygen atoms in total. The number of rotatable bonds is 4. The number of nitriles is 2.